The fraction of sp³-hybridized carbons (Fsp3) is 0.533. The fourth-order valence-corrected chi connectivity index (χ4v) is 2.56. The Labute approximate surface area is 119 Å². The van der Waals surface area contributed by atoms with Gasteiger partial charge in [-0.15, -0.1) is 0 Å². The van der Waals surface area contributed by atoms with Crippen molar-refractivity contribution in [2.45, 2.75) is 25.5 Å². The summed E-state index contributed by atoms with van der Waals surface area (Å²) >= 11 is 0. The SMILES string of the molecule is CC(O)(CCc1ccccc1)N1CCN(C(=O)O)CC1. The second kappa shape index (κ2) is 6.24. The van der Waals surface area contributed by atoms with Gasteiger partial charge >= 0.3 is 6.09 Å². The first kappa shape index (κ1) is 14.8. The second-order valence-electron chi connectivity index (χ2n) is 5.46. The minimum Gasteiger partial charge on any atom is -0.465 e. The molecule has 1 aromatic carbocycles. The molecule has 1 aliphatic heterocycles. The lowest BCUT2D eigenvalue weighted by atomic mass is 10.0. The van der Waals surface area contributed by atoms with Gasteiger partial charge in [-0.05, 0) is 25.3 Å². The van der Waals surface area contributed by atoms with Gasteiger partial charge in [0.15, 0.2) is 0 Å². The Morgan fingerprint density at radius 1 is 1.20 bits per heavy atom. The van der Waals surface area contributed by atoms with Gasteiger partial charge in [-0.3, -0.25) is 4.90 Å². The zero-order chi connectivity index (χ0) is 14.6. The molecule has 1 fully saturated rings. The molecule has 0 bridgehead atoms. The van der Waals surface area contributed by atoms with Crippen molar-refractivity contribution in [3.8, 4) is 0 Å². The van der Waals surface area contributed by atoms with Crippen LogP contribution in [-0.2, 0) is 6.42 Å². The molecule has 1 aliphatic rings. The minimum atomic E-state index is -0.888. The molecule has 0 aliphatic carbocycles. The van der Waals surface area contributed by atoms with Gasteiger partial charge in [0.1, 0.15) is 5.72 Å². The van der Waals surface area contributed by atoms with Crippen LogP contribution in [0, 0.1) is 0 Å². The number of hydrogen-bond donors (Lipinski definition) is 2. The molecule has 0 spiro atoms. The molecule has 1 unspecified atom stereocenters. The van der Waals surface area contributed by atoms with Crippen molar-refractivity contribution in [1.29, 1.82) is 0 Å². The van der Waals surface area contributed by atoms with Crippen LogP contribution in [0.4, 0.5) is 4.79 Å². The molecule has 1 aromatic rings. The van der Waals surface area contributed by atoms with Gasteiger partial charge in [-0.25, -0.2) is 4.79 Å². The molecule has 0 saturated carbocycles. The van der Waals surface area contributed by atoms with E-state index in [-0.39, 0.29) is 0 Å². The Balaban J connectivity index is 1.86. The first-order valence-corrected chi connectivity index (χ1v) is 6.98. The van der Waals surface area contributed by atoms with Gasteiger partial charge in [0.05, 0.1) is 0 Å². The van der Waals surface area contributed by atoms with E-state index in [0.717, 1.165) is 6.42 Å². The average molecular weight is 278 g/mol. The zero-order valence-corrected chi connectivity index (χ0v) is 11.8. The van der Waals surface area contributed by atoms with Crippen molar-refractivity contribution in [1.82, 2.24) is 9.80 Å². The third-order valence-electron chi connectivity index (χ3n) is 3.96. The van der Waals surface area contributed by atoms with Gasteiger partial charge < -0.3 is 15.1 Å². The highest BCUT2D eigenvalue weighted by atomic mass is 16.4. The van der Waals surface area contributed by atoms with Crippen LogP contribution in [0.2, 0.25) is 0 Å². The highest BCUT2D eigenvalue weighted by Gasteiger charge is 2.32. The molecule has 20 heavy (non-hydrogen) atoms. The summed E-state index contributed by atoms with van der Waals surface area (Å²) in [5.74, 6) is 0. The zero-order valence-electron chi connectivity index (χ0n) is 11.8. The van der Waals surface area contributed by atoms with Crippen LogP contribution in [-0.4, -0.2) is 58.0 Å². The Morgan fingerprint density at radius 3 is 2.35 bits per heavy atom. The Hall–Kier alpha value is -1.59. The molecule has 5 nitrogen and oxygen atoms in total. The summed E-state index contributed by atoms with van der Waals surface area (Å²) in [4.78, 5) is 14.2. The number of nitrogens with zero attached hydrogens (tertiary/aromatic N) is 2. The number of aliphatic hydroxyl groups is 1. The average Bonchev–Trinajstić information content (AvgIpc) is 2.46. The van der Waals surface area contributed by atoms with E-state index in [9.17, 15) is 9.90 Å². The Kier molecular flexibility index (Phi) is 4.62. The summed E-state index contributed by atoms with van der Waals surface area (Å²) in [5.41, 5.74) is 0.317. The van der Waals surface area contributed by atoms with E-state index in [0.29, 0.717) is 32.6 Å². The maximum Gasteiger partial charge on any atom is 0.407 e. The summed E-state index contributed by atoms with van der Waals surface area (Å²) in [6.07, 6.45) is 0.574. The van der Waals surface area contributed by atoms with Gasteiger partial charge in [0.2, 0.25) is 0 Å². The Bertz CT molecular complexity index is 440. The molecule has 0 radical (unpaired) electrons. The molecule has 2 rings (SSSR count). The molecule has 5 heteroatoms. The van der Waals surface area contributed by atoms with Gasteiger partial charge in [0, 0.05) is 26.2 Å². The van der Waals surface area contributed by atoms with Gasteiger partial charge in [-0.2, -0.15) is 0 Å². The third-order valence-corrected chi connectivity index (χ3v) is 3.96. The van der Waals surface area contributed by atoms with Crippen molar-refractivity contribution in [3.63, 3.8) is 0 Å². The molecule has 1 saturated heterocycles. The van der Waals surface area contributed by atoms with E-state index in [1.165, 1.54) is 10.5 Å². The summed E-state index contributed by atoms with van der Waals surface area (Å²) in [6, 6.07) is 10.1. The van der Waals surface area contributed by atoms with E-state index in [4.69, 9.17) is 5.11 Å². The quantitative estimate of drug-likeness (QED) is 0.878. The van der Waals surface area contributed by atoms with Gasteiger partial charge in [0.25, 0.3) is 0 Å². The number of carboxylic acid groups (broad SMARTS) is 1. The molecule has 1 heterocycles. The normalized spacial score (nSPS) is 19.6. The molecule has 110 valence electrons. The summed E-state index contributed by atoms with van der Waals surface area (Å²) in [6.45, 7) is 3.88. The standard InChI is InChI=1S/C15H22N2O3/c1-15(20,8-7-13-5-3-2-4-6-13)17-11-9-16(10-12-17)14(18)19/h2-6,20H,7-12H2,1H3,(H,18,19). The van der Waals surface area contributed by atoms with Crippen LogP contribution in [0.3, 0.4) is 0 Å². The Morgan fingerprint density at radius 2 is 1.80 bits per heavy atom. The molecule has 0 aromatic heterocycles. The predicted octanol–water partition coefficient (Wildman–Crippen LogP) is 1.62. The number of rotatable bonds is 4. The lowest BCUT2D eigenvalue weighted by molar-refractivity contribution is -0.113. The number of piperazine rings is 1. The van der Waals surface area contributed by atoms with E-state index >= 15 is 0 Å². The molecule has 2 N–H and O–H groups in total. The molecular formula is C15H22N2O3. The highest BCUT2D eigenvalue weighted by molar-refractivity contribution is 5.65. The van der Waals surface area contributed by atoms with Crippen molar-refractivity contribution in [2.75, 3.05) is 26.2 Å². The molecular weight excluding hydrogens is 256 g/mol. The van der Waals surface area contributed by atoms with Crippen LogP contribution >= 0.6 is 0 Å². The van der Waals surface area contributed by atoms with E-state index < -0.39 is 11.8 Å². The maximum absolute atomic E-state index is 10.9. The summed E-state index contributed by atoms with van der Waals surface area (Å²) in [7, 11) is 0. The minimum absolute atomic E-state index is 0.455. The van der Waals surface area contributed by atoms with Crippen molar-refractivity contribution in [2.24, 2.45) is 0 Å². The number of aryl methyl sites for hydroxylation is 1. The predicted molar refractivity (Wildman–Crippen MR) is 76.6 cm³/mol. The topological polar surface area (TPSA) is 64.0 Å². The largest absolute Gasteiger partial charge is 0.465 e. The maximum atomic E-state index is 10.9. The highest BCUT2D eigenvalue weighted by Crippen LogP contribution is 2.20. The van der Waals surface area contributed by atoms with Crippen LogP contribution < -0.4 is 0 Å². The van der Waals surface area contributed by atoms with Crippen LogP contribution in [0.15, 0.2) is 30.3 Å². The summed E-state index contributed by atoms with van der Waals surface area (Å²) < 4.78 is 0. The molecule has 1 amide bonds. The van der Waals surface area contributed by atoms with Crippen molar-refractivity contribution < 1.29 is 15.0 Å². The van der Waals surface area contributed by atoms with Gasteiger partial charge in [-0.1, -0.05) is 30.3 Å². The van der Waals surface area contributed by atoms with E-state index in [1.54, 1.807) is 0 Å². The van der Waals surface area contributed by atoms with E-state index in [2.05, 4.69) is 12.1 Å². The fourth-order valence-electron chi connectivity index (χ4n) is 2.56. The number of carbonyl (C=O) groups is 1. The third kappa shape index (κ3) is 3.71. The summed E-state index contributed by atoms with van der Waals surface area (Å²) in [5, 5.41) is 19.5. The van der Waals surface area contributed by atoms with E-state index in [1.807, 2.05) is 30.0 Å². The lowest BCUT2D eigenvalue weighted by Gasteiger charge is -2.42. The van der Waals surface area contributed by atoms with Crippen molar-refractivity contribution in [3.05, 3.63) is 35.9 Å². The molecule has 1 atom stereocenters. The number of hydrogen-bond acceptors (Lipinski definition) is 3. The second-order valence-corrected chi connectivity index (χ2v) is 5.46. The van der Waals surface area contributed by atoms with Crippen LogP contribution in [0.5, 0.6) is 0 Å². The number of amides is 1. The lowest BCUT2D eigenvalue weighted by Crippen LogP contribution is -2.56. The smallest absolute Gasteiger partial charge is 0.407 e. The first-order valence-electron chi connectivity index (χ1n) is 6.98. The monoisotopic (exact) mass is 278 g/mol. The first-order chi connectivity index (χ1) is 9.49. The van der Waals surface area contributed by atoms with Crippen LogP contribution in [0.1, 0.15) is 18.9 Å². The van der Waals surface area contributed by atoms with Crippen molar-refractivity contribution >= 4 is 6.09 Å². The number of benzene rings is 1. The van der Waals surface area contributed by atoms with Crippen LogP contribution in [0.25, 0.3) is 0 Å².